The number of piperazine rings is 2. The van der Waals surface area contributed by atoms with Crippen LogP contribution >= 0.6 is 11.6 Å². The van der Waals surface area contributed by atoms with Gasteiger partial charge >= 0.3 is 12.4 Å². The number of hydrogen-bond acceptors (Lipinski definition) is 12. The molecule has 69 heavy (non-hydrogen) atoms. The smallest absolute Gasteiger partial charge is 0.399 e. The van der Waals surface area contributed by atoms with Crippen molar-refractivity contribution in [2.24, 2.45) is 0 Å². The Labute approximate surface area is 401 Å². The molecule has 4 aromatic carbocycles. The number of nitrogen functional groups attached to an aromatic ring is 1. The second-order valence-corrected chi connectivity index (χ2v) is 16.3. The molecule has 0 aliphatic carbocycles. The first-order valence-electron chi connectivity index (χ1n) is 21.5. The maximum absolute atomic E-state index is 13.9. The highest BCUT2D eigenvalue weighted by Gasteiger charge is 2.37. The number of anilines is 9. The fraction of sp³-hybridized carbons (Fsp3) is 0.292. The van der Waals surface area contributed by atoms with Gasteiger partial charge in [0.1, 0.15) is 5.82 Å². The summed E-state index contributed by atoms with van der Waals surface area (Å²) >= 11 is 5.69. The molecule has 2 saturated heterocycles. The van der Waals surface area contributed by atoms with Crippen molar-refractivity contribution in [1.82, 2.24) is 29.7 Å². The number of hydrogen-bond donors (Lipinski definition) is 4. The van der Waals surface area contributed by atoms with Crippen molar-refractivity contribution >= 4 is 63.2 Å². The van der Waals surface area contributed by atoms with Gasteiger partial charge < -0.3 is 51.0 Å². The standard InChI is InChI=1S/C24H24F3N7.C12H9ClN4.C12H16F3N3/c1-28-14-17-4-3-5-18(12-17)30-22-15-29-16-23(32-22)31-19-6-7-21(20(13-19)24(25,26)27)34-10-8-33(2)9-11-34;1-14-8-9-3-2-4-10(7-9)16-11-5-6-15-12(13)17-11;1-17-4-6-18(7-5-17)11-3-2-9(16)8-10(11)12(13,14)15/h3-7,12-13,15-16H,8-11,14H2,2H3,(H2,30,31,32);2-7H,8H2,(H,15,16,17);2-3,8H,4-7,16H2,1H3. The molecule has 5 N–H and O–H groups in total. The van der Waals surface area contributed by atoms with Gasteiger partial charge in [-0.3, -0.25) is 4.98 Å². The number of nitrogens with one attached hydrogen (secondary N) is 3. The maximum Gasteiger partial charge on any atom is 0.418 e. The van der Waals surface area contributed by atoms with Crippen molar-refractivity contribution in [3.05, 3.63) is 160 Å². The molecule has 0 unspecified atom stereocenters. The average Bonchev–Trinajstić information content (AvgIpc) is 3.30. The van der Waals surface area contributed by atoms with Gasteiger partial charge in [0.15, 0.2) is 11.6 Å². The van der Waals surface area contributed by atoms with E-state index in [1.807, 2.05) is 62.6 Å². The molecule has 0 bridgehead atoms. The van der Waals surface area contributed by atoms with Crippen LogP contribution in [0.2, 0.25) is 5.28 Å². The highest BCUT2D eigenvalue weighted by molar-refractivity contribution is 6.28. The number of nitrogens with two attached hydrogens (primary N) is 1. The summed E-state index contributed by atoms with van der Waals surface area (Å²) in [5, 5.41) is 9.35. The second-order valence-electron chi connectivity index (χ2n) is 16.0. The monoisotopic (exact) mass is 970 g/mol. The molecule has 0 saturated carbocycles. The summed E-state index contributed by atoms with van der Waals surface area (Å²) in [6, 6.07) is 25.0. The zero-order valence-corrected chi connectivity index (χ0v) is 38.4. The lowest BCUT2D eigenvalue weighted by Gasteiger charge is -2.35. The Balaban J connectivity index is 0.000000188. The molecule has 360 valence electrons. The van der Waals surface area contributed by atoms with Crippen LogP contribution in [0.4, 0.5) is 77.9 Å². The minimum absolute atomic E-state index is 0.139. The fourth-order valence-corrected chi connectivity index (χ4v) is 7.43. The summed E-state index contributed by atoms with van der Waals surface area (Å²) in [5.41, 5.74) is 8.39. The summed E-state index contributed by atoms with van der Waals surface area (Å²) in [4.78, 5) is 30.8. The molecule has 2 fully saturated rings. The molecule has 2 aliphatic rings. The maximum atomic E-state index is 13.9. The molecule has 2 aliphatic heterocycles. The minimum Gasteiger partial charge on any atom is -0.399 e. The van der Waals surface area contributed by atoms with Crippen LogP contribution in [-0.2, 0) is 25.4 Å². The zero-order valence-electron chi connectivity index (χ0n) is 37.7. The van der Waals surface area contributed by atoms with E-state index in [1.54, 1.807) is 28.1 Å². The number of aromatic nitrogens is 4. The first-order chi connectivity index (χ1) is 33.0. The largest absolute Gasteiger partial charge is 0.418 e. The Bertz CT molecular complexity index is 2730. The summed E-state index contributed by atoms with van der Waals surface area (Å²) in [6.45, 7) is 19.7. The van der Waals surface area contributed by atoms with Crippen LogP contribution in [-0.4, -0.2) is 96.2 Å². The van der Waals surface area contributed by atoms with E-state index >= 15 is 0 Å². The molecule has 0 amide bonds. The van der Waals surface area contributed by atoms with Crippen molar-refractivity contribution in [2.75, 3.05) is 97.9 Å². The first-order valence-corrected chi connectivity index (χ1v) is 21.9. The highest BCUT2D eigenvalue weighted by Crippen LogP contribution is 2.40. The van der Waals surface area contributed by atoms with Gasteiger partial charge in [-0.1, -0.05) is 24.3 Å². The second kappa shape index (κ2) is 23.6. The van der Waals surface area contributed by atoms with Gasteiger partial charge in [-0.15, -0.1) is 0 Å². The van der Waals surface area contributed by atoms with E-state index in [0.717, 1.165) is 47.7 Å². The van der Waals surface area contributed by atoms with E-state index in [9.17, 15) is 26.3 Å². The average molecular weight is 971 g/mol. The van der Waals surface area contributed by atoms with Gasteiger partial charge in [0.05, 0.1) is 23.5 Å². The molecule has 21 heteroatoms. The van der Waals surface area contributed by atoms with E-state index < -0.39 is 23.5 Å². The summed E-state index contributed by atoms with van der Waals surface area (Å²) < 4.78 is 80.5. The van der Waals surface area contributed by atoms with Crippen molar-refractivity contribution < 1.29 is 26.3 Å². The minimum atomic E-state index is -4.48. The Hall–Kier alpha value is -7.39. The lowest BCUT2D eigenvalue weighted by molar-refractivity contribution is -0.137. The topological polar surface area (TPSA) is 135 Å². The summed E-state index contributed by atoms with van der Waals surface area (Å²) in [5.74, 6) is 1.36. The third kappa shape index (κ3) is 15.3. The van der Waals surface area contributed by atoms with Gasteiger partial charge in [-0.05, 0) is 92.4 Å². The van der Waals surface area contributed by atoms with Crippen molar-refractivity contribution in [3.63, 3.8) is 0 Å². The molecule has 14 nitrogen and oxygen atoms in total. The van der Waals surface area contributed by atoms with Crippen LogP contribution in [0.1, 0.15) is 22.3 Å². The first kappa shape index (κ1) is 51.0. The molecule has 8 rings (SSSR count). The van der Waals surface area contributed by atoms with E-state index in [-0.39, 0.29) is 34.6 Å². The SMILES string of the molecule is CN1CCN(c2ccc(N)cc2C(F)(F)F)CC1.[C-]#[N+]Cc1cccc(Nc2ccnc(Cl)n2)c1.[C-]#[N+]Cc1cccc(Nc2cncc(Nc3ccc(N4CCN(C)CC4)c(C(F)(F)F)c3)n2)c1. The van der Waals surface area contributed by atoms with Crippen molar-refractivity contribution in [1.29, 1.82) is 0 Å². The zero-order chi connectivity index (χ0) is 49.6. The van der Waals surface area contributed by atoms with E-state index in [2.05, 4.69) is 55.4 Å². The lowest BCUT2D eigenvalue weighted by Crippen LogP contribution is -2.45. The summed E-state index contributed by atoms with van der Waals surface area (Å²) in [6.07, 6.45) is -4.30. The number of rotatable bonds is 10. The van der Waals surface area contributed by atoms with Gasteiger partial charge in [-0.25, -0.2) is 28.1 Å². The van der Waals surface area contributed by atoms with Crippen LogP contribution in [0, 0.1) is 13.1 Å². The van der Waals surface area contributed by atoms with Crippen LogP contribution in [0.25, 0.3) is 9.69 Å². The lowest BCUT2D eigenvalue weighted by atomic mass is 10.1. The van der Waals surface area contributed by atoms with Crippen LogP contribution in [0.5, 0.6) is 0 Å². The van der Waals surface area contributed by atoms with Crippen molar-refractivity contribution in [3.8, 4) is 0 Å². The highest BCUT2D eigenvalue weighted by atomic mass is 35.5. The summed E-state index contributed by atoms with van der Waals surface area (Å²) in [7, 11) is 3.92. The molecule has 0 atom stereocenters. The predicted octanol–water partition coefficient (Wildman–Crippen LogP) is 10.5. The van der Waals surface area contributed by atoms with Gasteiger partial charge in [0.2, 0.25) is 18.4 Å². The molecule has 2 aromatic heterocycles. The van der Waals surface area contributed by atoms with Gasteiger partial charge in [0, 0.05) is 104 Å². The van der Waals surface area contributed by atoms with Crippen molar-refractivity contribution in [2.45, 2.75) is 25.4 Å². The number of alkyl halides is 6. The fourth-order valence-electron chi connectivity index (χ4n) is 7.28. The van der Waals surface area contributed by atoms with Gasteiger partial charge in [0.25, 0.3) is 0 Å². The quantitative estimate of drug-likeness (QED) is 0.0450. The normalized spacial score (nSPS) is 14.2. The molecule has 6 aromatic rings. The van der Waals surface area contributed by atoms with Crippen LogP contribution < -0.4 is 31.5 Å². The predicted molar refractivity (Wildman–Crippen MR) is 259 cm³/mol. The number of likely N-dealkylation sites (N-methyl/N-ethyl adjacent to an activating group) is 2. The number of halogens is 7. The number of benzene rings is 4. The van der Waals surface area contributed by atoms with Crippen LogP contribution in [0.3, 0.4) is 0 Å². The third-order valence-corrected chi connectivity index (χ3v) is 11.0. The Kier molecular flexibility index (Phi) is 17.4. The molecule has 0 radical (unpaired) electrons. The molecule has 4 heterocycles. The van der Waals surface area contributed by atoms with Gasteiger partial charge in [-0.2, -0.15) is 26.3 Å². The Morgan fingerprint density at radius 2 is 1.06 bits per heavy atom. The van der Waals surface area contributed by atoms with E-state index in [4.69, 9.17) is 30.5 Å². The molecule has 0 spiro atoms. The third-order valence-electron chi connectivity index (χ3n) is 10.8. The van der Waals surface area contributed by atoms with E-state index in [0.29, 0.717) is 63.3 Å². The number of nitrogens with zero attached hydrogens (tertiary/aromatic N) is 10. The molecular formula is C48H49ClF6N14. The Morgan fingerprint density at radius 1 is 0.594 bits per heavy atom. The van der Waals surface area contributed by atoms with Crippen LogP contribution in [0.15, 0.2) is 110 Å². The molecular weight excluding hydrogens is 922 g/mol. The Morgan fingerprint density at radius 3 is 1.54 bits per heavy atom. The van der Waals surface area contributed by atoms with E-state index in [1.165, 1.54) is 30.6 Å².